The van der Waals surface area contributed by atoms with Crippen LogP contribution in [0.5, 0.6) is 5.75 Å². The van der Waals surface area contributed by atoms with Crippen LogP contribution in [0.1, 0.15) is 0 Å². The summed E-state index contributed by atoms with van der Waals surface area (Å²) in [5.41, 5.74) is 0. The van der Waals surface area contributed by atoms with Crippen LogP contribution in [0.4, 0.5) is 4.39 Å². The van der Waals surface area contributed by atoms with Crippen LogP contribution in [0.2, 0.25) is 0 Å². The molecule has 0 aliphatic heterocycles. The fourth-order valence-electron chi connectivity index (χ4n) is 0.538. The van der Waals surface area contributed by atoms with Gasteiger partial charge in [0.1, 0.15) is 4.60 Å². The van der Waals surface area contributed by atoms with Gasteiger partial charge in [0.05, 0.1) is 0 Å². The Morgan fingerprint density at radius 2 is 2.50 bits per heavy atom. The van der Waals surface area contributed by atoms with Crippen LogP contribution < -0.4 is 4.74 Å². The fraction of sp³-hybridized carbons (Fsp3) is 0.167. The first-order valence-corrected chi connectivity index (χ1v) is 3.43. The molecule has 0 unspecified atom stereocenters. The van der Waals surface area contributed by atoms with Crippen molar-refractivity contribution in [1.29, 1.82) is 0 Å². The first kappa shape index (κ1) is 7.47. The van der Waals surface area contributed by atoms with Crippen molar-refractivity contribution in [1.82, 2.24) is 4.98 Å². The lowest BCUT2D eigenvalue weighted by Gasteiger charge is -2.00. The third kappa shape index (κ3) is 1.67. The van der Waals surface area contributed by atoms with Crippen molar-refractivity contribution in [3.05, 3.63) is 22.9 Å². The minimum atomic E-state index is -0.829. The summed E-state index contributed by atoms with van der Waals surface area (Å²) in [6, 6.07) is 3.31. The lowest BCUT2D eigenvalue weighted by atomic mass is 10.5. The number of hydrogen-bond acceptors (Lipinski definition) is 2. The van der Waals surface area contributed by atoms with E-state index < -0.39 is 6.86 Å². The van der Waals surface area contributed by atoms with Crippen molar-refractivity contribution in [2.45, 2.75) is 0 Å². The maximum atomic E-state index is 11.6. The van der Waals surface area contributed by atoms with E-state index in [-0.39, 0.29) is 0 Å². The number of rotatable bonds is 2. The number of aromatic nitrogens is 1. The van der Waals surface area contributed by atoms with Crippen LogP contribution >= 0.6 is 15.9 Å². The molecular weight excluding hydrogens is 201 g/mol. The van der Waals surface area contributed by atoms with Crippen molar-refractivity contribution in [2.75, 3.05) is 6.86 Å². The van der Waals surface area contributed by atoms with Crippen molar-refractivity contribution in [2.24, 2.45) is 0 Å². The molecule has 0 saturated carbocycles. The molecule has 1 rings (SSSR count). The van der Waals surface area contributed by atoms with Crippen LogP contribution in [0.25, 0.3) is 0 Å². The summed E-state index contributed by atoms with van der Waals surface area (Å²) in [6.45, 7) is -0.829. The molecule has 0 spiro atoms. The predicted molar refractivity (Wildman–Crippen MR) is 38.5 cm³/mol. The molecule has 0 fully saturated rings. The lowest BCUT2D eigenvalue weighted by Crippen LogP contribution is -1.91. The molecule has 0 bridgehead atoms. The van der Waals surface area contributed by atoms with E-state index in [1.165, 1.54) is 0 Å². The Kier molecular flexibility index (Phi) is 2.62. The highest BCUT2D eigenvalue weighted by Gasteiger charge is 1.97. The Bertz CT molecular complexity index is 219. The Morgan fingerprint density at radius 1 is 1.70 bits per heavy atom. The summed E-state index contributed by atoms with van der Waals surface area (Å²) in [6.07, 6.45) is 1.59. The van der Waals surface area contributed by atoms with E-state index in [1.807, 2.05) is 0 Å². The van der Waals surface area contributed by atoms with E-state index in [9.17, 15) is 4.39 Å². The van der Waals surface area contributed by atoms with Crippen LogP contribution in [0, 0.1) is 0 Å². The van der Waals surface area contributed by atoms with Crippen molar-refractivity contribution in [3.8, 4) is 5.75 Å². The van der Waals surface area contributed by atoms with Crippen molar-refractivity contribution in [3.63, 3.8) is 0 Å². The molecule has 0 aliphatic rings. The highest BCUT2D eigenvalue weighted by atomic mass is 79.9. The Balaban J connectivity index is 2.81. The zero-order valence-corrected chi connectivity index (χ0v) is 6.64. The number of alkyl halides is 1. The van der Waals surface area contributed by atoms with Gasteiger partial charge < -0.3 is 4.74 Å². The Morgan fingerprint density at radius 3 is 3.10 bits per heavy atom. The second-order valence-corrected chi connectivity index (χ2v) is 2.30. The summed E-state index contributed by atoms with van der Waals surface area (Å²) in [7, 11) is 0. The SMILES string of the molecule is FCOc1cccnc1Br. The van der Waals surface area contributed by atoms with Gasteiger partial charge in [-0.05, 0) is 28.1 Å². The first-order valence-electron chi connectivity index (χ1n) is 2.64. The zero-order chi connectivity index (χ0) is 7.40. The molecule has 1 heterocycles. The summed E-state index contributed by atoms with van der Waals surface area (Å²) in [5.74, 6) is 0.421. The second-order valence-electron chi connectivity index (χ2n) is 1.55. The average Bonchev–Trinajstić information content (AvgIpc) is 1.94. The van der Waals surface area contributed by atoms with Crippen LogP contribution in [0.3, 0.4) is 0 Å². The van der Waals surface area contributed by atoms with E-state index in [1.54, 1.807) is 18.3 Å². The molecule has 0 saturated heterocycles. The van der Waals surface area contributed by atoms with Gasteiger partial charge in [0, 0.05) is 6.20 Å². The van der Waals surface area contributed by atoms with Crippen LogP contribution in [0.15, 0.2) is 22.9 Å². The normalized spacial score (nSPS) is 9.40. The molecule has 0 N–H and O–H groups in total. The molecular formula is C6H5BrFNO. The lowest BCUT2D eigenvalue weighted by molar-refractivity contribution is 0.190. The van der Waals surface area contributed by atoms with Crippen molar-refractivity contribution < 1.29 is 9.13 Å². The summed E-state index contributed by atoms with van der Waals surface area (Å²) in [4.78, 5) is 3.82. The average molecular weight is 206 g/mol. The quantitative estimate of drug-likeness (QED) is 0.691. The third-order valence-corrected chi connectivity index (χ3v) is 1.53. The summed E-state index contributed by atoms with van der Waals surface area (Å²) >= 11 is 3.09. The molecule has 2 nitrogen and oxygen atoms in total. The van der Waals surface area contributed by atoms with Gasteiger partial charge in [-0.2, -0.15) is 0 Å². The largest absolute Gasteiger partial charge is 0.460 e. The molecule has 0 atom stereocenters. The highest BCUT2D eigenvalue weighted by molar-refractivity contribution is 9.10. The maximum absolute atomic E-state index is 11.6. The minimum Gasteiger partial charge on any atom is -0.460 e. The summed E-state index contributed by atoms with van der Waals surface area (Å²) in [5, 5.41) is 0. The molecule has 0 amide bonds. The van der Waals surface area contributed by atoms with Crippen LogP contribution in [-0.4, -0.2) is 11.8 Å². The molecule has 10 heavy (non-hydrogen) atoms. The molecule has 1 aromatic heterocycles. The molecule has 54 valence electrons. The van der Waals surface area contributed by atoms with Crippen molar-refractivity contribution >= 4 is 15.9 Å². The topological polar surface area (TPSA) is 22.1 Å². The van der Waals surface area contributed by atoms with E-state index in [0.29, 0.717) is 10.4 Å². The van der Waals surface area contributed by atoms with E-state index >= 15 is 0 Å². The van der Waals surface area contributed by atoms with Gasteiger partial charge in [0.25, 0.3) is 0 Å². The zero-order valence-electron chi connectivity index (χ0n) is 5.05. The molecule has 0 radical (unpaired) electrons. The van der Waals surface area contributed by atoms with Gasteiger partial charge in [-0.15, -0.1) is 0 Å². The Hall–Kier alpha value is -0.640. The summed E-state index contributed by atoms with van der Waals surface area (Å²) < 4.78 is 16.7. The number of nitrogens with zero attached hydrogens (tertiary/aromatic N) is 1. The van der Waals surface area contributed by atoms with Crippen LogP contribution in [-0.2, 0) is 0 Å². The van der Waals surface area contributed by atoms with Gasteiger partial charge in [0.15, 0.2) is 5.75 Å². The minimum absolute atomic E-state index is 0.421. The number of hydrogen-bond donors (Lipinski definition) is 0. The smallest absolute Gasteiger partial charge is 0.228 e. The standard InChI is InChI=1S/C6H5BrFNO/c7-6-5(10-4-8)2-1-3-9-6/h1-3H,4H2. The number of halogens is 2. The molecule has 4 heteroatoms. The van der Waals surface area contributed by atoms with Gasteiger partial charge >= 0.3 is 0 Å². The second kappa shape index (κ2) is 3.51. The monoisotopic (exact) mass is 205 g/mol. The molecule has 1 aromatic rings. The maximum Gasteiger partial charge on any atom is 0.228 e. The van der Waals surface area contributed by atoms with Gasteiger partial charge in [-0.1, -0.05) is 0 Å². The van der Waals surface area contributed by atoms with E-state index in [4.69, 9.17) is 0 Å². The van der Waals surface area contributed by atoms with Gasteiger partial charge in [0.2, 0.25) is 6.86 Å². The first-order chi connectivity index (χ1) is 4.84. The van der Waals surface area contributed by atoms with Gasteiger partial charge in [-0.3, -0.25) is 0 Å². The number of ether oxygens (including phenoxy) is 1. The van der Waals surface area contributed by atoms with E-state index in [2.05, 4.69) is 25.7 Å². The number of pyridine rings is 1. The molecule has 0 aromatic carbocycles. The predicted octanol–water partition coefficient (Wildman–Crippen LogP) is 2.15. The Labute approximate surface area is 66.2 Å². The third-order valence-electron chi connectivity index (χ3n) is 0.935. The van der Waals surface area contributed by atoms with E-state index in [0.717, 1.165) is 0 Å². The highest BCUT2D eigenvalue weighted by Crippen LogP contribution is 2.20. The molecule has 0 aliphatic carbocycles. The van der Waals surface area contributed by atoms with Gasteiger partial charge in [-0.25, -0.2) is 9.37 Å². The fourth-order valence-corrected chi connectivity index (χ4v) is 0.903.